The number of nitrogens with two attached hydrogens (primary N) is 1. The van der Waals surface area contributed by atoms with Gasteiger partial charge in [-0.15, -0.1) is 0 Å². The molecule has 2 saturated heterocycles. The van der Waals surface area contributed by atoms with E-state index in [1.54, 1.807) is 0 Å². The minimum absolute atomic E-state index is 0.324. The Balaban J connectivity index is 2.11. The van der Waals surface area contributed by atoms with Gasteiger partial charge in [-0.3, -0.25) is 16.4 Å². The molecule has 2 aliphatic heterocycles. The molecular weight excluding hydrogens is 158 g/mol. The summed E-state index contributed by atoms with van der Waals surface area (Å²) in [6, 6.07) is -0.324. The van der Waals surface area contributed by atoms with Gasteiger partial charge in [-0.2, -0.15) is 0 Å². The average molecular weight is 164 g/mol. The molecule has 0 aromatic rings. The van der Waals surface area contributed by atoms with Crippen LogP contribution in [0, 0.1) is 0 Å². The molecule has 2 amide bonds. The summed E-state index contributed by atoms with van der Waals surface area (Å²) in [5.74, 6) is 0. The van der Waals surface area contributed by atoms with Crippen LogP contribution in [-0.4, -0.2) is 23.5 Å². The van der Waals surface area contributed by atoms with Crippen molar-refractivity contribution >= 4 is 17.6 Å². The predicted molar refractivity (Wildman–Crippen MR) is 33.1 cm³/mol. The molecule has 0 aliphatic carbocycles. The van der Waals surface area contributed by atoms with Gasteiger partial charge in [0.05, 0.1) is 6.61 Å². The molecule has 2 heterocycles. The highest BCUT2D eigenvalue weighted by Gasteiger charge is 2.65. The summed E-state index contributed by atoms with van der Waals surface area (Å²) in [6.07, 6.45) is 0. The number of urea groups is 1. The fourth-order valence-electron chi connectivity index (χ4n) is 0.801. The number of carbonyl (C=O) groups excluding carboxylic acids is 1. The van der Waals surface area contributed by atoms with Crippen LogP contribution in [0.4, 0.5) is 4.79 Å². The normalized spacial score (nSPS) is 41.2. The molecule has 56 valence electrons. The van der Waals surface area contributed by atoms with E-state index in [-0.39, 0.29) is 6.03 Å². The molecule has 1 unspecified atom stereocenters. The third-order valence-electron chi connectivity index (χ3n) is 1.61. The predicted octanol–water partition coefficient (Wildman–Crippen LogP) is -1.12. The number of halogens is 1. The number of hydrogen-bond acceptors (Lipinski definition) is 3. The van der Waals surface area contributed by atoms with E-state index in [9.17, 15) is 4.79 Å². The zero-order valence-electron chi connectivity index (χ0n) is 4.98. The lowest BCUT2D eigenvalue weighted by molar-refractivity contribution is 0.137. The Kier molecular flexibility index (Phi) is 0.862. The van der Waals surface area contributed by atoms with E-state index in [0.717, 1.165) is 0 Å². The third-order valence-corrected chi connectivity index (χ3v) is 2.12. The Morgan fingerprint density at radius 1 is 1.70 bits per heavy atom. The number of carbonyl (C=O) groups is 1. The van der Waals surface area contributed by atoms with Crippen LogP contribution in [0.1, 0.15) is 0 Å². The maximum Gasteiger partial charge on any atom is 0.320 e. The van der Waals surface area contributed by atoms with E-state index in [4.69, 9.17) is 22.1 Å². The molecule has 0 spiro atoms. The number of epoxide rings is 1. The summed E-state index contributed by atoms with van der Waals surface area (Å²) in [5, 5.41) is 3.69. The summed E-state index contributed by atoms with van der Waals surface area (Å²) in [5.41, 5.74) is 4.60. The average Bonchev–Trinajstić information content (AvgIpc) is 2.45. The number of alkyl halides is 1. The van der Waals surface area contributed by atoms with Crippen molar-refractivity contribution in [3.05, 3.63) is 0 Å². The van der Waals surface area contributed by atoms with Crippen LogP contribution in [0.25, 0.3) is 0 Å². The molecule has 0 aromatic carbocycles. The summed E-state index contributed by atoms with van der Waals surface area (Å²) in [7, 11) is 0. The van der Waals surface area contributed by atoms with Crippen LogP contribution in [-0.2, 0) is 4.74 Å². The van der Waals surface area contributed by atoms with Gasteiger partial charge in [0.2, 0.25) is 5.12 Å². The topological polar surface area (TPSA) is 79.7 Å². The van der Waals surface area contributed by atoms with Gasteiger partial charge in [-0.25, -0.2) is 4.79 Å². The van der Waals surface area contributed by atoms with Crippen LogP contribution in [0.3, 0.4) is 0 Å². The molecule has 0 aromatic heterocycles. The van der Waals surface area contributed by atoms with Gasteiger partial charge < -0.3 is 4.74 Å². The molecule has 2 aliphatic rings. The third kappa shape index (κ3) is 0.570. The van der Waals surface area contributed by atoms with Gasteiger partial charge in [0.25, 0.3) is 0 Å². The van der Waals surface area contributed by atoms with Crippen molar-refractivity contribution in [3.63, 3.8) is 0 Å². The highest BCUT2D eigenvalue weighted by Crippen LogP contribution is 2.37. The van der Waals surface area contributed by atoms with Crippen LogP contribution in [0.5, 0.6) is 0 Å². The Labute approximate surface area is 61.8 Å². The highest BCUT2D eigenvalue weighted by atomic mass is 35.5. The molecule has 0 radical (unpaired) electrons. The zero-order valence-corrected chi connectivity index (χ0v) is 5.73. The lowest BCUT2D eigenvalue weighted by Gasteiger charge is -2.40. The lowest BCUT2D eigenvalue weighted by Crippen LogP contribution is -2.79. The number of rotatable bonds is 1. The summed E-state index contributed by atoms with van der Waals surface area (Å²) in [4.78, 5) is 10.4. The maximum atomic E-state index is 10.4. The van der Waals surface area contributed by atoms with E-state index < -0.39 is 10.8 Å². The van der Waals surface area contributed by atoms with Crippen molar-refractivity contribution in [3.8, 4) is 0 Å². The van der Waals surface area contributed by atoms with Gasteiger partial charge in [-0.1, -0.05) is 11.6 Å². The second-order valence-electron chi connectivity index (χ2n) is 2.42. The molecule has 5 nitrogen and oxygen atoms in total. The van der Waals surface area contributed by atoms with Crippen LogP contribution < -0.4 is 16.4 Å². The first-order valence-corrected chi connectivity index (χ1v) is 3.16. The maximum absolute atomic E-state index is 10.4. The number of hydrogen-bond donors (Lipinski definition) is 3. The largest absolute Gasteiger partial charge is 0.348 e. The first-order valence-electron chi connectivity index (χ1n) is 2.78. The van der Waals surface area contributed by atoms with E-state index in [0.29, 0.717) is 6.61 Å². The highest BCUT2D eigenvalue weighted by molar-refractivity contribution is 6.28. The van der Waals surface area contributed by atoms with Crippen LogP contribution in [0.15, 0.2) is 0 Å². The number of ether oxygens (including phenoxy) is 1. The minimum Gasteiger partial charge on any atom is -0.348 e. The van der Waals surface area contributed by atoms with Crippen molar-refractivity contribution in [2.75, 3.05) is 6.61 Å². The Morgan fingerprint density at radius 3 is 2.50 bits per heavy atom. The van der Waals surface area contributed by atoms with E-state index in [1.165, 1.54) is 0 Å². The second-order valence-corrected chi connectivity index (χ2v) is 2.98. The molecule has 2 rings (SSSR count). The quantitative estimate of drug-likeness (QED) is 0.260. The molecular formula is C4H6ClN3O2. The summed E-state index contributed by atoms with van der Waals surface area (Å²) in [6.45, 7) is 0.365. The van der Waals surface area contributed by atoms with Crippen molar-refractivity contribution in [1.82, 2.24) is 10.6 Å². The Morgan fingerprint density at radius 2 is 2.20 bits per heavy atom. The van der Waals surface area contributed by atoms with Crippen molar-refractivity contribution in [2.45, 2.75) is 10.8 Å². The standard InChI is InChI=1S/C4H6ClN3O2/c5-4(3(6)1-10-3)7-2(9)8-4/h1,6H2,(H2,7,8,9). The van der Waals surface area contributed by atoms with Gasteiger partial charge in [0.1, 0.15) is 0 Å². The Hall–Kier alpha value is -0.520. The van der Waals surface area contributed by atoms with E-state index >= 15 is 0 Å². The molecule has 6 heteroatoms. The van der Waals surface area contributed by atoms with Crippen LogP contribution in [0.2, 0.25) is 0 Å². The first-order chi connectivity index (χ1) is 4.56. The van der Waals surface area contributed by atoms with Gasteiger partial charge >= 0.3 is 6.03 Å². The smallest absolute Gasteiger partial charge is 0.320 e. The lowest BCUT2D eigenvalue weighted by atomic mass is 10.2. The summed E-state index contributed by atoms with van der Waals surface area (Å²) >= 11 is 5.75. The molecule has 0 bridgehead atoms. The van der Waals surface area contributed by atoms with E-state index in [2.05, 4.69) is 10.6 Å². The molecule has 2 fully saturated rings. The summed E-state index contributed by atoms with van der Waals surface area (Å²) < 4.78 is 4.82. The van der Waals surface area contributed by atoms with Gasteiger partial charge in [-0.05, 0) is 0 Å². The molecule has 10 heavy (non-hydrogen) atoms. The molecule has 0 saturated carbocycles. The monoisotopic (exact) mass is 163 g/mol. The first kappa shape index (κ1) is 6.21. The number of amides is 2. The fraction of sp³-hybridized carbons (Fsp3) is 0.750. The molecule has 4 N–H and O–H groups in total. The van der Waals surface area contributed by atoms with Gasteiger partial charge in [0.15, 0.2) is 5.72 Å². The minimum atomic E-state index is -1.08. The molecule has 1 atom stereocenters. The van der Waals surface area contributed by atoms with Crippen LogP contribution >= 0.6 is 11.6 Å². The van der Waals surface area contributed by atoms with Crippen molar-refractivity contribution in [1.29, 1.82) is 0 Å². The number of nitrogens with one attached hydrogen (secondary N) is 2. The SMILES string of the molecule is NC1(C2(Cl)NC(=O)N2)CO1. The Bertz CT molecular complexity index is 195. The second kappa shape index (κ2) is 1.39. The van der Waals surface area contributed by atoms with E-state index in [1.807, 2.05) is 0 Å². The van der Waals surface area contributed by atoms with Crippen molar-refractivity contribution in [2.24, 2.45) is 5.73 Å². The van der Waals surface area contributed by atoms with Crippen molar-refractivity contribution < 1.29 is 9.53 Å². The fourth-order valence-corrected chi connectivity index (χ4v) is 1.08. The van der Waals surface area contributed by atoms with Gasteiger partial charge in [0, 0.05) is 0 Å². The zero-order chi connectivity index (χ0) is 7.41.